The lowest BCUT2D eigenvalue weighted by molar-refractivity contribution is 0.0956. The lowest BCUT2D eigenvalue weighted by Crippen LogP contribution is -2.28. The van der Waals surface area contributed by atoms with Crippen molar-refractivity contribution in [1.29, 1.82) is 0 Å². The fraction of sp³-hybridized carbons (Fsp3) is 0.375. The standard InChI is InChI=1S/C32H30O8/c1-37-29-15-9-5-7-11-17(15)31(39-3)25-23(29)21(33)13-19(27(25)35)20-14-22(34)24-26(28(20)36)32(40-4)18-12-8-6-10-16(18)30(24)38-2/h13-14H,5-12H2,1-4H3. The molecular weight excluding hydrogens is 512 g/mol. The summed E-state index contributed by atoms with van der Waals surface area (Å²) in [6, 6.07) is 0. The van der Waals surface area contributed by atoms with Crippen LogP contribution in [0, 0.1) is 0 Å². The quantitative estimate of drug-likeness (QED) is 0.531. The molecular formula is C32H30O8. The highest BCUT2D eigenvalue weighted by Gasteiger charge is 2.43. The fourth-order valence-electron chi connectivity index (χ4n) is 6.88. The van der Waals surface area contributed by atoms with E-state index in [1.807, 2.05) is 0 Å². The number of fused-ring (bicyclic) bond motifs is 4. The molecule has 40 heavy (non-hydrogen) atoms. The van der Waals surface area contributed by atoms with Gasteiger partial charge in [-0.15, -0.1) is 0 Å². The summed E-state index contributed by atoms with van der Waals surface area (Å²) in [5.41, 5.74) is 3.57. The summed E-state index contributed by atoms with van der Waals surface area (Å²) in [5, 5.41) is 0. The number of benzene rings is 2. The van der Waals surface area contributed by atoms with Crippen molar-refractivity contribution in [3.8, 4) is 23.0 Å². The highest BCUT2D eigenvalue weighted by Crippen LogP contribution is 2.49. The van der Waals surface area contributed by atoms with Crippen LogP contribution in [-0.4, -0.2) is 51.6 Å². The maximum Gasteiger partial charge on any atom is 0.198 e. The second-order valence-electron chi connectivity index (χ2n) is 10.5. The maximum atomic E-state index is 14.2. The van der Waals surface area contributed by atoms with E-state index in [0.717, 1.165) is 60.1 Å². The van der Waals surface area contributed by atoms with Crippen LogP contribution in [0.5, 0.6) is 23.0 Å². The molecule has 0 unspecified atom stereocenters. The van der Waals surface area contributed by atoms with Gasteiger partial charge in [-0.2, -0.15) is 0 Å². The lowest BCUT2D eigenvalue weighted by Gasteiger charge is -2.30. The summed E-state index contributed by atoms with van der Waals surface area (Å²) >= 11 is 0. The van der Waals surface area contributed by atoms with Crippen molar-refractivity contribution >= 4 is 23.1 Å². The van der Waals surface area contributed by atoms with E-state index in [4.69, 9.17) is 18.9 Å². The van der Waals surface area contributed by atoms with Crippen LogP contribution < -0.4 is 18.9 Å². The monoisotopic (exact) mass is 542 g/mol. The average molecular weight is 543 g/mol. The van der Waals surface area contributed by atoms with Crippen molar-refractivity contribution in [3.63, 3.8) is 0 Å². The van der Waals surface area contributed by atoms with Gasteiger partial charge in [0.25, 0.3) is 0 Å². The number of methoxy groups -OCH3 is 4. The summed E-state index contributed by atoms with van der Waals surface area (Å²) in [6.07, 6.45) is 8.77. The number of hydrogen-bond donors (Lipinski definition) is 0. The number of ether oxygens (including phenoxy) is 4. The summed E-state index contributed by atoms with van der Waals surface area (Å²) in [6.45, 7) is 0. The van der Waals surface area contributed by atoms with Gasteiger partial charge in [-0.1, -0.05) is 0 Å². The fourth-order valence-corrected chi connectivity index (χ4v) is 6.88. The Balaban J connectivity index is 1.55. The van der Waals surface area contributed by atoms with Gasteiger partial charge in [-0.05, 0) is 63.5 Å². The van der Waals surface area contributed by atoms with Crippen molar-refractivity contribution in [1.82, 2.24) is 0 Å². The van der Waals surface area contributed by atoms with Crippen molar-refractivity contribution in [2.75, 3.05) is 28.4 Å². The molecule has 0 saturated carbocycles. The molecule has 4 aliphatic carbocycles. The molecule has 0 bridgehead atoms. The first-order valence-electron chi connectivity index (χ1n) is 13.6. The van der Waals surface area contributed by atoms with Gasteiger partial charge in [-0.3, -0.25) is 19.2 Å². The molecule has 0 amide bonds. The van der Waals surface area contributed by atoms with Gasteiger partial charge >= 0.3 is 0 Å². The predicted molar refractivity (Wildman–Crippen MR) is 146 cm³/mol. The second-order valence-corrected chi connectivity index (χ2v) is 10.5. The highest BCUT2D eigenvalue weighted by atomic mass is 16.5. The summed E-state index contributed by atoms with van der Waals surface area (Å²) < 4.78 is 22.8. The molecule has 0 radical (unpaired) electrons. The Labute approximate surface area is 231 Å². The molecule has 0 fully saturated rings. The molecule has 0 heterocycles. The Morgan fingerprint density at radius 3 is 1.00 bits per heavy atom. The molecule has 0 saturated heterocycles. The largest absolute Gasteiger partial charge is 0.496 e. The van der Waals surface area contributed by atoms with Crippen LogP contribution >= 0.6 is 0 Å². The molecule has 8 heteroatoms. The lowest BCUT2D eigenvalue weighted by atomic mass is 9.75. The number of ketones is 4. The number of rotatable bonds is 5. The Kier molecular flexibility index (Phi) is 6.36. The SMILES string of the molecule is COc1c2c(c(OC)c3c1C(=O)C=C(C1=CC(=O)c4c(OC)c5c(c(OC)c4C1=O)CCCC5)C3=O)CCCC2. The van der Waals surface area contributed by atoms with Crippen LogP contribution in [0.15, 0.2) is 23.3 Å². The van der Waals surface area contributed by atoms with Gasteiger partial charge in [0, 0.05) is 33.4 Å². The zero-order chi connectivity index (χ0) is 28.3. The smallest absolute Gasteiger partial charge is 0.198 e. The number of carbonyl (C=O) groups excluding carboxylic acids is 4. The zero-order valence-electron chi connectivity index (χ0n) is 23.1. The van der Waals surface area contributed by atoms with Crippen LogP contribution in [-0.2, 0) is 25.7 Å². The molecule has 0 spiro atoms. The predicted octanol–water partition coefficient (Wildman–Crippen LogP) is 4.79. The number of allylic oxidation sites excluding steroid dienone is 4. The molecule has 8 nitrogen and oxygen atoms in total. The van der Waals surface area contributed by atoms with E-state index in [-0.39, 0.29) is 33.4 Å². The minimum atomic E-state index is -0.558. The van der Waals surface area contributed by atoms with E-state index in [1.54, 1.807) is 0 Å². The Bertz CT molecular complexity index is 1480. The molecule has 0 atom stereocenters. The number of carbonyl (C=O) groups is 4. The maximum absolute atomic E-state index is 14.2. The van der Waals surface area contributed by atoms with Crippen LogP contribution in [0.4, 0.5) is 0 Å². The van der Waals surface area contributed by atoms with E-state index in [1.165, 1.54) is 28.4 Å². The third-order valence-electron chi connectivity index (χ3n) is 8.53. The first kappa shape index (κ1) is 26.0. The Hall–Kier alpha value is -4.20. The first-order chi connectivity index (χ1) is 19.4. The topological polar surface area (TPSA) is 105 Å². The van der Waals surface area contributed by atoms with Crippen LogP contribution in [0.1, 0.15) is 89.4 Å². The molecule has 0 aliphatic heterocycles. The first-order valence-corrected chi connectivity index (χ1v) is 13.6. The molecule has 6 rings (SSSR count). The summed E-state index contributed by atoms with van der Waals surface area (Å²) in [7, 11) is 5.91. The summed E-state index contributed by atoms with van der Waals surface area (Å²) in [5.74, 6) is -0.650. The Morgan fingerprint density at radius 2 is 0.725 bits per heavy atom. The van der Waals surface area contributed by atoms with E-state index < -0.39 is 23.1 Å². The zero-order valence-corrected chi connectivity index (χ0v) is 23.1. The second kappa shape index (κ2) is 9.77. The molecule has 2 aromatic carbocycles. The molecule has 0 N–H and O–H groups in total. The number of hydrogen-bond acceptors (Lipinski definition) is 8. The third kappa shape index (κ3) is 3.51. The minimum Gasteiger partial charge on any atom is -0.496 e. The number of Topliss-reactive ketones (excluding diaryl/α,β-unsaturated/α-hetero) is 2. The van der Waals surface area contributed by atoms with Crippen molar-refractivity contribution in [2.45, 2.75) is 51.4 Å². The minimum absolute atomic E-state index is 0.0735. The van der Waals surface area contributed by atoms with Gasteiger partial charge in [0.1, 0.15) is 23.0 Å². The van der Waals surface area contributed by atoms with Crippen LogP contribution in [0.2, 0.25) is 0 Å². The van der Waals surface area contributed by atoms with Gasteiger partial charge < -0.3 is 18.9 Å². The molecule has 206 valence electrons. The summed E-state index contributed by atoms with van der Waals surface area (Å²) in [4.78, 5) is 55.6. The van der Waals surface area contributed by atoms with Crippen LogP contribution in [0.25, 0.3) is 0 Å². The van der Waals surface area contributed by atoms with Gasteiger partial charge in [-0.25, -0.2) is 0 Å². The Morgan fingerprint density at radius 1 is 0.450 bits per heavy atom. The van der Waals surface area contributed by atoms with Gasteiger partial charge in [0.2, 0.25) is 0 Å². The van der Waals surface area contributed by atoms with E-state index in [0.29, 0.717) is 48.7 Å². The van der Waals surface area contributed by atoms with Crippen molar-refractivity contribution in [3.05, 3.63) is 67.8 Å². The van der Waals surface area contributed by atoms with Crippen molar-refractivity contribution in [2.24, 2.45) is 0 Å². The van der Waals surface area contributed by atoms with Crippen molar-refractivity contribution < 1.29 is 38.1 Å². The van der Waals surface area contributed by atoms with Crippen LogP contribution in [0.3, 0.4) is 0 Å². The molecule has 4 aliphatic rings. The molecule has 0 aromatic heterocycles. The van der Waals surface area contributed by atoms with E-state index in [2.05, 4.69) is 0 Å². The normalized spacial score (nSPS) is 17.7. The third-order valence-corrected chi connectivity index (χ3v) is 8.53. The van der Waals surface area contributed by atoms with Gasteiger partial charge in [0.05, 0.1) is 50.7 Å². The van der Waals surface area contributed by atoms with Gasteiger partial charge in [0.15, 0.2) is 23.1 Å². The highest BCUT2D eigenvalue weighted by molar-refractivity contribution is 6.36. The van der Waals surface area contributed by atoms with E-state index in [9.17, 15) is 19.2 Å². The molecule has 2 aromatic rings. The average Bonchev–Trinajstić information content (AvgIpc) is 2.98. The van der Waals surface area contributed by atoms with E-state index >= 15 is 0 Å².